The summed E-state index contributed by atoms with van der Waals surface area (Å²) < 4.78 is 12.8. The summed E-state index contributed by atoms with van der Waals surface area (Å²) in [5.41, 5.74) is 2.90. The van der Waals surface area contributed by atoms with Crippen molar-refractivity contribution in [3.8, 4) is 22.9 Å². The van der Waals surface area contributed by atoms with Gasteiger partial charge in [-0.1, -0.05) is 66.2 Å². The van der Waals surface area contributed by atoms with Gasteiger partial charge in [-0.3, -0.25) is 4.79 Å². The van der Waals surface area contributed by atoms with Crippen LogP contribution >= 0.6 is 11.6 Å². The molecule has 1 aromatic heterocycles. The summed E-state index contributed by atoms with van der Waals surface area (Å²) in [6.45, 7) is 0.375. The van der Waals surface area contributed by atoms with E-state index in [1.54, 1.807) is 19.4 Å². The number of fused-ring (bicyclic) bond motifs is 1. The van der Waals surface area contributed by atoms with Crippen LogP contribution in [0.2, 0.25) is 5.02 Å². The van der Waals surface area contributed by atoms with Crippen LogP contribution in [0.1, 0.15) is 11.1 Å². The molecule has 0 aliphatic carbocycles. The Labute approximate surface area is 213 Å². The third-order valence-corrected chi connectivity index (χ3v) is 5.86. The predicted octanol–water partition coefficient (Wildman–Crippen LogP) is 6.19. The monoisotopic (exact) mass is 495 g/mol. The Hall–Kier alpha value is -4.42. The largest absolute Gasteiger partial charge is 0.493 e. The predicted molar refractivity (Wildman–Crippen MR) is 143 cm³/mol. The Morgan fingerprint density at radius 2 is 1.67 bits per heavy atom. The van der Waals surface area contributed by atoms with Gasteiger partial charge in [0.2, 0.25) is 0 Å². The minimum atomic E-state index is -0.245. The first-order valence-corrected chi connectivity index (χ1v) is 11.7. The first-order chi connectivity index (χ1) is 17.6. The molecule has 0 unspecified atom stereocenters. The number of aromatic nitrogens is 2. The van der Waals surface area contributed by atoms with Gasteiger partial charge in [0.25, 0.3) is 5.56 Å². The van der Waals surface area contributed by atoms with Crippen LogP contribution in [-0.4, -0.2) is 23.0 Å². The molecule has 7 heteroatoms. The number of benzene rings is 4. The minimum absolute atomic E-state index is 0.245. The van der Waals surface area contributed by atoms with E-state index in [1.807, 2.05) is 91.0 Å². The highest BCUT2D eigenvalue weighted by atomic mass is 35.5. The van der Waals surface area contributed by atoms with E-state index in [9.17, 15) is 4.79 Å². The Balaban J connectivity index is 1.47. The summed E-state index contributed by atoms with van der Waals surface area (Å²) in [7, 11) is 1.58. The van der Waals surface area contributed by atoms with E-state index in [0.717, 1.165) is 16.7 Å². The van der Waals surface area contributed by atoms with Gasteiger partial charge in [0.05, 0.1) is 24.2 Å². The smallest absolute Gasteiger partial charge is 0.282 e. The Kier molecular flexibility index (Phi) is 6.78. The molecule has 0 saturated carbocycles. The van der Waals surface area contributed by atoms with Gasteiger partial charge >= 0.3 is 0 Å². The van der Waals surface area contributed by atoms with E-state index in [1.165, 1.54) is 4.68 Å². The van der Waals surface area contributed by atoms with Gasteiger partial charge in [-0.2, -0.15) is 9.78 Å². The molecular formula is C29H22ClN3O3. The summed E-state index contributed by atoms with van der Waals surface area (Å²) >= 11 is 5.95. The summed E-state index contributed by atoms with van der Waals surface area (Å²) in [4.78, 5) is 18.0. The van der Waals surface area contributed by atoms with Crippen molar-refractivity contribution in [1.82, 2.24) is 9.66 Å². The van der Waals surface area contributed by atoms with E-state index < -0.39 is 0 Å². The second-order valence-electron chi connectivity index (χ2n) is 8.01. The van der Waals surface area contributed by atoms with E-state index in [2.05, 4.69) is 5.10 Å². The zero-order chi connectivity index (χ0) is 24.9. The molecule has 0 atom stereocenters. The van der Waals surface area contributed by atoms with Gasteiger partial charge in [0, 0.05) is 10.6 Å². The second-order valence-corrected chi connectivity index (χ2v) is 8.44. The molecule has 5 aromatic rings. The van der Waals surface area contributed by atoms with Gasteiger partial charge < -0.3 is 9.47 Å². The Morgan fingerprint density at radius 1 is 0.917 bits per heavy atom. The molecule has 0 saturated heterocycles. The first kappa shape index (κ1) is 23.3. The van der Waals surface area contributed by atoms with Crippen molar-refractivity contribution in [2.45, 2.75) is 6.61 Å². The summed E-state index contributed by atoms with van der Waals surface area (Å²) in [5, 5.41) is 5.69. The van der Waals surface area contributed by atoms with Crippen molar-refractivity contribution < 1.29 is 9.47 Å². The average Bonchev–Trinajstić information content (AvgIpc) is 2.93. The molecule has 0 N–H and O–H groups in total. The molecule has 5 rings (SSSR count). The highest BCUT2D eigenvalue weighted by Crippen LogP contribution is 2.28. The van der Waals surface area contributed by atoms with Crippen molar-refractivity contribution in [2.75, 3.05) is 7.11 Å². The maximum Gasteiger partial charge on any atom is 0.282 e. The normalized spacial score (nSPS) is 11.2. The Morgan fingerprint density at radius 3 is 2.44 bits per heavy atom. The molecule has 6 nitrogen and oxygen atoms in total. The number of rotatable bonds is 7. The maximum absolute atomic E-state index is 13.3. The third kappa shape index (κ3) is 4.99. The van der Waals surface area contributed by atoms with Crippen LogP contribution in [0.15, 0.2) is 107 Å². The molecule has 0 aliphatic heterocycles. The summed E-state index contributed by atoms with van der Waals surface area (Å²) in [6, 6.07) is 29.7. The fourth-order valence-electron chi connectivity index (χ4n) is 3.75. The van der Waals surface area contributed by atoms with Crippen molar-refractivity contribution >= 4 is 28.7 Å². The van der Waals surface area contributed by atoms with Crippen LogP contribution in [0.3, 0.4) is 0 Å². The molecular weight excluding hydrogens is 474 g/mol. The zero-order valence-electron chi connectivity index (χ0n) is 19.5. The lowest BCUT2D eigenvalue weighted by Crippen LogP contribution is -2.20. The van der Waals surface area contributed by atoms with Crippen LogP contribution < -0.4 is 15.0 Å². The van der Waals surface area contributed by atoms with E-state index in [0.29, 0.717) is 39.9 Å². The van der Waals surface area contributed by atoms with Crippen molar-refractivity contribution in [1.29, 1.82) is 0 Å². The second kappa shape index (κ2) is 10.5. The van der Waals surface area contributed by atoms with E-state index >= 15 is 0 Å². The fourth-order valence-corrected chi connectivity index (χ4v) is 3.88. The van der Waals surface area contributed by atoms with Crippen molar-refractivity contribution in [2.24, 2.45) is 5.10 Å². The maximum atomic E-state index is 13.3. The van der Waals surface area contributed by atoms with Gasteiger partial charge in [0.15, 0.2) is 17.3 Å². The van der Waals surface area contributed by atoms with Crippen LogP contribution in [0.25, 0.3) is 22.3 Å². The summed E-state index contributed by atoms with van der Waals surface area (Å²) in [5.74, 6) is 1.62. The van der Waals surface area contributed by atoms with Crippen molar-refractivity contribution in [3.63, 3.8) is 0 Å². The zero-order valence-corrected chi connectivity index (χ0v) is 20.2. The molecule has 0 fully saturated rings. The van der Waals surface area contributed by atoms with Gasteiger partial charge in [-0.15, -0.1) is 0 Å². The van der Waals surface area contributed by atoms with Gasteiger partial charge in [0.1, 0.15) is 6.61 Å². The Bertz CT molecular complexity index is 1600. The third-order valence-electron chi connectivity index (χ3n) is 5.60. The average molecular weight is 496 g/mol. The van der Waals surface area contributed by atoms with Crippen molar-refractivity contribution in [3.05, 3.63) is 124 Å². The van der Waals surface area contributed by atoms with Crippen LogP contribution in [-0.2, 0) is 6.61 Å². The highest BCUT2D eigenvalue weighted by molar-refractivity contribution is 6.30. The lowest BCUT2D eigenvalue weighted by atomic mass is 10.2. The van der Waals surface area contributed by atoms with Crippen LogP contribution in [0, 0.1) is 0 Å². The molecule has 0 aliphatic rings. The lowest BCUT2D eigenvalue weighted by Gasteiger charge is -2.12. The molecule has 178 valence electrons. The van der Waals surface area contributed by atoms with Gasteiger partial charge in [-0.05, 0) is 53.6 Å². The van der Waals surface area contributed by atoms with Gasteiger partial charge in [-0.25, -0.2) is 4.98 Å². The molecule has 0 bridgehead atoms. The minimum Gasteiger partial charge on any atom is -0.493 e. The number of nitrogens with zero attached hydrogens (tertiary/aromatic N) is 3. The molecule has 0 radical (unpaired) electrons. The standard InChI is InChI=1S/C29H22ClN3O3/c1-35-27-17-21(13-16-26(27)36-19-20-11-14-23(30)15-12-20)18-31-33-28(22-7-3-2-4-8-22)32-25-10-6-5-9-24(25)29(33)34/h2-18H,19H2,1H3. The van der Waals surface area contributed by atoms with E-state index in [-0.39, 0.29) is 5.56 Å². The number of methoxy groups -OCH3 is 1. The fraction of sp³-hybridized carbons (Fsp3) is 0.0690. The van der Waals surface area contributed by atoms with Crippen LogP contribution in [0.4, 0.5) is 0 Å². The van der Waals surface area contributed by atoms with E-state index in [4.69, 9.17) is 26.1 Å². The summed E-state index contributed by atoms with van der Waals surface area (Å²) in [6.07, 6.45) is 1.61. The quantitative estimate of drug-likeness (QED) is 0.253. The first-order valence-electron chi connectivity index (χ1n) is 11.3. The number of ether oxygens (including phenoxy) is 2. The van der Waals surface area contributed by atoms with Crippen LogP contribution in [0.5, 0.6) is 11.5 Å². The molecule has 36 heavy (non-hydrogen) atoms. The molecule has 4 aromatic carbocycles. The lowest BCUT2D eigenvalue weighted by molar-refractivity contribution is 0.284. The highest BCUT2D eigenvalue weighted by Gasteiger charge is 2.12. The number of hydrogen-bond acceptors (Lipinski definition) is 5. The molecule has 0 spiro atoms. The number of para-hydroxylation sites is 1. The number of halogens is 1. The molecule has 0 amide bonds. The SMILES string of the molecule is COc1cc(C=Nn2c(-c3ccccc3)nc3ccccc3c2=O)ccc1OCc1ccc(Cl)cc1. The number of hydrogen-bond donors (Lipinski definition) is 0. The topological polar surface area (TPSA) is 65.7 Å². The molecule has 1 heterocycles.